The van der Waals surface area contributed by atoms with Gasteiger partial charge in [0.05, 0.1) is 11.6 Å². The average Bonchev–Trinajstić information content (AvgIpc) is 3.34. The summed E-state index contributed by atoms with van der Waals surface area (Å²) in [7, 11) is 0. The summed E-state index contributed by atoms with van der Waals surface area (Å²) >= 11 is 0. The van der Waals surface area contributed by atoms with Crippen LogP contribution in [0.15, 0.2) is 60.4 Å². The zero-order valence-corrected chi connectivity index (χ0v) is 15.6. The van der Waals surface area contributed by atoms with Crippen molar-refractivity contribution >= 4 is 17.4 Å². The quantitative estimate of drug-likeness (QED) is 0.493. The minimum absolute atomic E-state index is 0.130. The molecule has 2 aromatic rings. The van der Waals surface area contributed by atoms with Crippen molar-refractivity contribution in [1.29, 1.82) is 0 Å². The number of aliphatic hydroxyl groups is 1. The average molecular weight is 377 g/mol. The van der Waals surface area contributed by atoms with Gasteiger partial charge in [0, 0.05) is 31.0 Å². The fourth-order valence-corrected chi connectivity index (χ4v) is 4.00. The first-order valence-corrected chi connectivity index (χ1v) is 9.63. The minimum atomic E-state index is -0.642. The Labute approximate surface area is 164 Å². The monoisotopic (exact) mass is 377 g/mol. The Morgan fingerprint density at radius 3 is 2.46 bits per heavy atom. The summed E-state index contributed by atoms with van der Waals surface area (Å²) in [4.78, 5) is 33.7. The molecule has 0 bridgehead atoms. The molecule has 2 fully saturated rings. The van der Waals surface area contributed by atoms with Crippen LogP contribution in [0.5, 0.6) is 0 Å². The van der Waals surface area contributed by atoms with E-state index in [1.807, 2.05) is 12.1 Å². The molecule has 0 saturated carbocycles. The number of Topliss-reactive ketones (excluding diaryl/α,β-unsaturated/α-hetero) is 1. The van der Waals surface area contributed by atoms with E-state index in [0.29, 0.717) is 12.1 Å². The summed E-state index contributed by atoms with van der Waals surface area (Å²) in [5, 5.41) is 10.9. The molecular formula is C22H23N3O3. The molecule has 144 valence electrons. The van der Waals surface area contributed by atoms with E-state index < -0.39 is 17.7 Å². The lowest BCUT2D eigenvalue weighted by molar-refractivity contribution is -0.140. The Morgan fingerprint density at radius 2 is 1.79 bits per heavy atom. The van der Waals surface area contributed by atoms with Crippen LogP contribution in [0.25, 0.3) is 5.76 Å². The smallest absolute Gasteiger partial charge is 0.295 e. The number of likely N-dealkylation sites (tertiary alicyclic amines) is 2. The number of amides is 1. The lowest BCUT2D eigenvalue weighted by Crippen LogP contribution is -2.37. The summed E-state index contributed by atoms with van der Waals surface area (Å²) in [5.74, 6) is -1.35. The summed E-state index contributed by atoms with van der Waals surface area (Å²) in [5.41, 5.74) is 1.38. The van der Waals surface area contributed by atoms with Crippen molar-refractivity contribution in [1.82, 2.24) is 14.8 Å². The zero-order valence-electron chi connectivity index (χ0n) is 15.6. The maximum absolute atomic E-state index is 12.9. The first-order chi connectivity index (χ1) is 13.7. The Bertz CT molecular complexity index is 890. The van der Waals surface area contributed by atoms with Gasteiger partial charge in [0.25, 0.3) is 11.7 Å². The van der Waals surface area contributed by atoms with Gasteiger partial charge in [0.2, 0.25) is 0 Å². The fourth-order valence-electron chi connectivity index (χ4n) is 4.00. The molecule has 2 aliphatic rings. The van der Waals surface area contributed by atoms with Crippen LogP contribution >= 0.6 is 0 Å². The molecule has 2 aliphatic heterocycles. The van der Waals surface area contributed by atoms with Crippen LogP contribution < -0.4 is 0 Å². The number of pyridine rings is 1. The number of carbonyl (C=O) groups is 2. The van der Waals surface area contributed by atoms with Gasteiger partial charge >= 0.3 is 0 Å². The number of ketones is 1. The second-order valence-electron chi connectivity index (χ2n) is 7.19. The SMILES string of the molecule is O=C1C(=O)N(CCN2CCCC2)C(c2cccnc2)/C1=C(\O)c1ccccc1. The minimum Gasteiger partial charge on any atom is -0.507 e. The number of benzene rings is 1. The van der Waals surface area contributed by atoms with Crippen molar-refractivity contribution in [2.75, 3.05) is 26.2 Å². The lowest BCUT2D eigenvalue weighted by atomic mass is 9.96. The third kappa shape index (κ3) is 3.43. The number of carbonyl (C=O) groups excluding carboxylic acids is 2. The van der Waals surface area contributed by atoms with Crippen LogP contribution in [-0.2, 0) is 9.59 Å². The van der Waals surface area contributed by atoms with Gasteiger partial charge in [-0.2, -0.15) is 0 Å². The zero-order chi connectivity index (χ0) is 19.5. The molecular weight excluding hydrogens is 354 g/mol. The van der Waals surface area contributed by atoms with Gasteiger partial charge in [-0.15, -0.1) is 0 Å². The highest BCUT2D eigenvalue weighted by atomic mass is 16.3. The summed E-state index contributed by atoms with van der Waals surface area (Å²) in [6.07, 6.45) is 5.63. The predicted molar refractivity (Wildman–Crippen MR) is 105 cm³/mol. The van der Waals surface area contributed by atoms with Crippen molar-refractivity contribution in [3.8, 4) is 0 Å². The van der Waals surface area contributed by atoms with Crippen LogP contribution in [0.1, 0.15) is 30.0 Å². The standard InChI is InChI=1S/C22H23N3O3/c26-20(16-7-2-1-3-8-16)18-19(17-9-6-10-23-15-17)25(22(28)21(18)27)14-13-24-11-4-5-12-24/h1-3,6-10,15,19,26H,4-5,11-14H2/b20-18+. The highest BCUT2D eigenvalue weighted by molar-refractivity contribution is 6.46. The molecule has 28 heavy (non-hydrogen) atoms. The molecule has 0 radical (unpaired) electrons. The van der Waals surface area contributed by atoms with Crippen LogP contribution in [0.2, 0.25) is 0 Å². The lowest BCUT2D eigenvalue weighted by Gasteiger charge is -2.27. The van der Waals surface area contributed by atoms with Gasteiger partial charge in [-0.3, -0.25) is 14.6 Å². The number of aromatic nitrogens is 1. The molecule has 1 unspecified atom stereocenters. The van der Waals surface area contributed by atoms with Crippen LogP contribution in [0.3, 0.4) is 0 Å². The van der Waals surface area contributed by atoms with E-state index in [2.05, 4.69) is 9.88 Å². The fraction of sp³-hybridized carbons (Fsp3) is 0.318. The van der Waals surface area contributed by atoms with Crippen molar-refractivity contribution in [3.63, 3.8) is 0 Å². The molecule has 6 heteroatoms. The molecule has 1 N–H and O–H groups in total. The second kappa shape index (κ2) is 7.94. The van der Waals surface area contributed by atoms with Gasteiger partial charge < -0.3 is 14.9 Å². The van der Waals surface area contributed by atoms with Crippen molar-refractivity contribution in [2.24, 2.45) is 0 Å². The Morgan fingerprint density at radius 1 is 1.04 bits per heavy atom. The van der Waals surface area contributed by atoms with E-state index >= 15 is 0 Å². The first kappa shape index (κ1) is 18.4. The first-order valence-electron chi connectivity index (χ1n) is 9.63. The van der Waals surface area contributed by atoms with Gasteiger partial charge in [0.15, 0.2) is 0 Å². The van der Waals surface area contributed by atoms with Gasteiger partial charge in [0.1, 0.15) is 5.76 Å². The number of rotatable bonds is 5. The number of nitrogens with zero attached hydrogens (tertiary/aromatic N) is 3. The van der Waals surface area contributed by atoms with Crippen LogP contribution in [-0.4, -0.2) is 57.8 Å². The number of hydrogen-bond donors (Lipinski definition) is 1. The van der Waals surface area contributed by atoms with Gasteiger partial charge in [-0.05, 0) is 37.6 Å². The molecule has 4 rings (SSSR count). The van der Waals surface area contributed by atoms with E-state index in [9.17, 15) is 14.7 Å². The highest BCUT2D eigenvalue weighted by Crippen LogP contribution is 2.38. The normalized spacial score (nSPS) is 22.1. The van der Waals surface area contributed by atoms with Crippen molar-refractivity contribution in [3.05, 3.63) is 71.6 Å². The van der Waals surface area contributed by atoms with E-state index in [4.69, 9.17) is 0 Å². The third-order valence-corrected chi connectivity index (χ3v) is 5.44. The number of aliphatic hydroxyl groups excluding tert-OH is 1. The third-order valence-electron chi connectivity index (χ3n) is 5.44. The Hall–Kier alpha value is -2.99. The van der Waals surface area contributed by atoms with Gasteiger partial charge in [-0.25, -0.2) is 0 Å². The molecule has 0 aliphatic carbocycles. The Balaban J connectivity index is 1.74. The molecule has 6 nitrogen and oxygen atoms in total. The second-order valence-corrected chi connectivity index (χ2v) is 7.19. The Kier molecular flexibility index (Phi) is 5.21. The van der Waals surface area contributed by atoms with E-state index in [1.54, 1.807) is 47.6 Å². The molecule has 1 aromatic heterocycles. The summed E-state index contributed by atoms with van der Waals surface area (Å²) < 4.78 is 0. The molecule has 3 heterocycles. The van der Waals surface area contributed by atoms with Crippen molar-refractivity contribution < 1.29 is 14.7 Å². The molecule has 1 aromatic carbocycles. The van der Waals surface area contributed by atoms with Crippen molar-refractivity contribution in [2.45, 2.75) is 18.9 Å². The van der Waals surface area contributed by atoms with E-state index in [0.717, 1.165) is 25.2 Å². The van der Waals surface area contributed by atoms with Crippen LogP contribution in [0.4, 0.5) is 0 Å². The van der Waals surface area contributed by atoms with Crippen LogP contribution in [0, 0.1) is 0 Å². The molecule has 2 saturated heterocycles. The van der Waals surface area contributed by atoms with Gasteiger partial charge in [-0.1, -0.05) is 36.4 Å². The number of hydrogen-bond acceptors (Lipinski definition) is 5. The van der Waals surface area contributed by atoms with E-state index in [1.165, 1.54) is 12.8 Å². The predicted octanol–water partition coefficient (Wildman–Crippen LogP) is 2.60. The molecule has 1 amide bonds. The highest BCUT2D eigenvalue weighted by Gasteiger charge is 2.46. The summed E-state index contributed by atoms with van der Waals surface area (Å²) in [6.45, 7) is 3.20. The topological polar surface area (TPSA) is 73.7 Å². The van der Waals surface area contributed by atoms with E-state index in [-0.39, 0.29) is 11.3 Å². The summed E-state index contributed by atoms with van der Waals surface area (Å²) in [6, 6.07) is 11.9. The maximum atomic E-state index is 12.9. The maximum Gasteiger partial charge on any atom is 0.295 e. The molecule has 1 atom stereocenters. The molecule has 0 spiro atoms. The largest absolute Gasteiger partial charge is 0.507 e.